The van der Waals surface area contributed by atoms with Crippen molar-refractivity contribution >= 4 is 37.1 Å². The van der Waals surface area contributed by atoms with Gasteiger partial charge in [0.1, 0.15) is 19.0 Å². The lowest BCUT2D eigenvalue weighted by atomic mass is 9.95. The van der Waals surface area contributed by atoms with Gasteiger partial charge < -0.3 is 24.0 Å². The first-order valence-electron chi connectivity index (χ1n) is 12.9. The molecule has 1 aliphatic rings. The topological polar surface area (TPSA) is 121 Å². The van der Waals surface area contributed by atoms with Crippen LogP contribution in [0.5, 0.6) is 11.9 Å². The highest BCUT2D eigenvalue weighted by atomic mass is 35.5. The van der Waals surface area contributed by atoms with Crippen molar-refractivity contribution in [2.45, 2.75) is 73.5 Å². The quantitative estimate of drug-likeness (QED) is 0.309. The summed E-state index contributed by atoms with van der Waals surface area (Å²) in [4.78, 5) is 20.4. The van der Waals surface area contributed by atoms with Gasteiger partial charge >= 0.3 is 12.0 Å². The molecule has 39 heavy (non-hydrogen) atoms. The van der Waals surface area contributed by atoms with Crippen LogP contribution in [0.15, 0.2) is 34.1 Å². The molecule has 10 nitrogen and oxygen atoms in total. The van der Waals surface area contributed by atoms with Crippen LogP contribution < -0.4 is 9.47 Å². The van der Waals surface area contributed by atoms with Gasteiger partial charge in [0, 0.05) is 24.4 Å². The Morgan fingerprint density at radius 1 is 1.36 bits per heavy atom. The minimum absolute atomic E-state index is 0.00300. The lowest BCUT2D eigenvalue weighted by Crippen LogP contribution is -2.30. The predicted octanol–water partition coefficient (Wildman–Crippen LogP) is 5.47. The number of aromatic nitrogens is 4. The molecule has 0 amide bonds. The minimum Gasteiger partial charge on any atom is -0.481 e. The van der Waals surface area contributed by atoms with E-state index in [9.17, 15) is 9.90 Å². The van der Waals surface area contributed by atoms with Crippen molar-refractivity contribution in [2.75, 3.05) is 13.2 Å². The number of ether oxygens (including phenoxy) is 3. The number of allylic oxidation sites excluding steroid dienone is 4. The van der Waals surface area contributed by atoms with Gasteiger partial charge in [-0.15, -0.1) is 5.10 Å². The van der Waals surface area contributed by atoms with Gasteiger partial charge in [0.05, 0.1) is 16.6 Å². The first kappa shape index (κ1) is 30.5. The SMILES string of the molecule is C\C=C(/C=C(Cl)\C1=N\[Si](C)(C)CCOCn2nc1nc2OC(C)C)c1cnc(OCC(C)(C)C(=O)O)cc1C. The second-order valence-electron chi connectivity index (χ2n) is 11.0. The summed E-state index contributed by atoms with van der Waals surface area (Å²) in [6.07, 6.45) is 5.39. The number of fused-ring (bicyclic) bond motifs is 2. The fraction of sp³-hybridized carbons (Fsp3) is 0.519. The van der Waals surface area contributed by atoms with E-state index in [2.05, 4.69) is 28.2 Å². The maximum absolute atomic E-state index is 11.4. The Labute approximate surface area is 235 Å². The van der Waals surface area contributed by atoms with Crippen molar-refractivity contribution in [1.29, 1.82) is 0 Å². The molecule has 0 aromatic carbocycles. The Bertz CT molecular complexity index is 1300. The summed E-state index contributed by atoms with van der Waals surface area (Å²) in [7, 11) is -2.10. The molecule has 3 heterocycles. The van der Waals surface area contributed by atoms with Crippen LogP contribution in [0.1, 0.15) is 51.6 Å². The van der Waals surface area contributed by atoms with E-state index in [1.54, 1.807) is 30.8 Å². The molecule has 2 bridgehead atoms. The molecule has 12 heteroatoms. The summed E-state index contributed by atoms with van der Waals surface area (Å²) in [5.74, 6) is -0.195. The molecule has 2 aromatic rings. The van der Waals surface area contributed by atoms with E-state index in [0.717, 1.165) is 22.7 Å². The summed E-state index contributed by atoms with van der Waals surface area (Å²) in [5.41, 5.74) is 2.08. The van der Waals surface area contributed by atoms with Gasteiger partial charge in [0.25, 0.3) is 0 Å². The van der Waals surface area contributed by atoms with Gasteiger partial charge in [0.2, 0.25) is 11.7 Å². The molecule has 0 spiro atoms. The normalized spacial score (nSPS) is 17.9. The average molecular weight is 576 g/mol. The Morgan fingerprint density at radius 3 is 2.69 bits per heavy atom. The highest BCUT2D eigenvalue weighted by Gasteiger charge is 2.29. The number of hydrogen-bond donors (Lipinski definition) is 1. The van der Waals surface area contributed by atoms with Crippen LogP contribution in [0.2, 0.25) is 19.1 Å². The zero-order valence-electron chi connectivity index (χ0n) is 23.9. The average Bonchev–Trinajstić information content (AvgIpc) is 3.23. The Kier molecular flexibility index (Phi) is 9.73. The van der Waals surface area contributed by atoms with E-state index in [4.69, 9.17) is 30.5 Å². The predicted molar refractivity (Wildman–Crippen MR) is 154 cm³/mol. The van der Waals surface area contributed by atoms with E-state index in [-0.39, 0.29) is 19.4 Å². The van der Waals surface area contributed by atoms with Gasteiger partial charge in [-0.2, -0.15) is 9.67 Å². The van der Waals surface area contributed by atoms with Crippen molar-refractivity contribution in [1.82, 2.24) is 19.7 Å². The maximum Gasteiger partial charge on any atom is 0.317 e. The smallest absolute Gasteiger partial charge is 0.317 e. The lowest BCUT2D eigenvalue weighted by molar-refractivity contribution is -0.148. The molecule has 0 saturated heterocycles. The fourth-order valence-electron chi connectivity index (χ4n) is 3.60. The molecule has 0 aliphatic carbocycles. The number of carboxylic acid groups (broad SMARTS) is 1. The summed E-state index contributed by atoms with van der Waals surface area (Å²) in [6, 6.07) is 2.96. The van der Waals surface area contributed by atoms with Crippen LogP contribution in [0.3, 0.4) is 0 Å². The van der Waals surface area contributed by atoms with E-state index >= 15 is 0 Å². The van der Waals surface area contributed by atoms with Crippen LogP contribution in [-0.2, 0) is 16.3 Å². The number of carbonyl (C=O) groups is 1. The minimum atomic E-state index is -2.10. The molecular weight excluding hydrogens is 538 g/mol. The number of rotatable bonds is 9. The van der Waals surface area contributed by atoms with Gasteiger partial charge in [-0.05, 0) is 77.9 Å². The number of aliphatic carboxylic acids is 1. The summed E-state index contributed by atoms with van der Waals surface area (Å²) in [5, 5.41) is 14.4. The third-order valence-electron chi connectivity index (χ3n) is 6.05. The molecule has 0 fully saturated rings. The summed E-state index contributed by atoms with van der Waals surface area (Å²) in [6.45, 7) is 16.0. The Morgan fingerprint density at radius 2 is 2.08 bits per heavy atom. The Hall–Kier alpha value is -3.02. The zero-order chi connectivity index (χ0) is 29.0. The van der Waals surface area contributed by atoms with Crippen molar-refractivity contribution in [3.63, 3.8) is 0 Å². The standard InChI is InChI=1S/C27H38ClN5O5Si/c1-9-19(20-14-29-22(12-18(20)4)37-15-27(5,6)25(34)35)13-21(28)23-24-30-26(38-17(2)3)33(31-24)16-36-10-11-39(7,8)32-23/h9,12-14,17H,10-11,15-16H2,1-8H3,(H,34,35)/b19-9+,21-13+,32-23-. The zero-order valence-corrected chi connectivity index (χ0v) is 25.7. The third-order valence-corrected chi connectivity index (χ3v) is 8.60. The molecule has 0 unspecified atom stereocenters. The van der Waals surface area contributed by atoms with Gasteiger partial charge in [-0.1, -0.05) is 17.7 Å². The molecule has 1 aliphatic heterocycles. The molecule has 1 N–H and O–H groups in total. The number of nitrogens with zero attached hydrogens (tertiary/aromatic N) is 5. The Balaban J connectivity index is 1.97. The van der Waals surface area contributed by atoms with Crippen LogP contribution in [0.4, 0.5) is 0 Å². The first-order valence-corrected chi connectivity index (χ1v) is 16.4. The van der Waals surface area contributed by atoms with Gasteiger partial charge in [-0.3, -0.25) is 4.79 Å². The first-order chi connectivity index (χ1) is 18.2. The number of carboxylic acids is 1. The number of halogens is 1. The molecule has 212 valence electrons. The van der Waals surface area contributed by atoms with Crippen LogP contribution in [0, 0.1) is 12.3 Å². The van der Waals surface area contributed by atoms with Crippen LogP contribution in [-0.4, -0.2) is 64.1 Å². The monoisotopic (exact) mass is 575 g/mol. The molecule has 2 aromatic heterocycles. The summed E-state index contributed by atoms with van der Waals surface area (Å²) < 4.78 is 24.0. The lowest BCUT2D eigenvalue weighted by Gasteiger charge is -2.20. The second kappa shape index (κ2) is 12.4. The highest BCUT2D eigenvalue weighted by Crippen LogP contribution is 2.28. The largest absolute Gasteiger partial charge is 0.481 e. The van der Waals surface area contributed by atoms with Crippen molar-refractivity contribution < 1.29 is 24.1 Å². The fourth-order valence-corrected chi connectivity index (χ4v) is 5.50. The number of pyridine rings is 1. The van der Waals surface area contributed by atoms with Gasteiger partial charge in [0.15, 0.2) is 8.24 Å². The molecule has 3 rings (SSSR count). The molecule has 0 radical (unpaired) electrons. The van der Waals surface area contributed by atoms with Crippen molar-refractivity contribution in [3.8, 4) is 11.9 Å². The van der Waals surface area contributed by atoms with E-state index in [1.165, 1.54) is 0 Å². The van der Waals surface area contributed by atoms with Crippen molar-refractivity contribution in [3.05, 3.63) is 46.4 Å². The van der Waals surface area contributed by atoms with Crippen molar-refractivity contribution in [2.24, 2.45) is 10.1 Å². The number of aryl methyl sites for hydroxylation is 1. The van der Waals surface area contributed by atoms with Crippen LogP contribution in [0.25, 0.3) is 5.57 Å². The third kappa shape index (κ3) is 7.99. The maximum atomic E-state index is 11.4. The van der Waals surface area contributed by atoms with Crippen LogP contribution >= 0.6 is 11.6 Å². The van der Waals surface area contributed by atoms with E-state index in [1.807, 2.05) is 39.8 Å². The summed E-state index contributed by atoms with van der Waals surface area (Å²) >= 11 is 6.96. The molecule has 0 saturated carbocycles. The van der Waals surface area contributed by atoms with E-state index < -0.39 is 19.6 Å². The van der Waals surface area contributed by atoms with Gasteiger partial charge in [-0.25, -0.2) is 4.98 Å². The molecular formula is C27H38ClN5O5Si. The number of hydrogen-bond acceptors (Lipinski definition) is 8. The second-order valence-corrected chi connectivity index (χ2v) is 15.8. The van der Waals surface area contributed by atoms with E-state index in [0.29, 0.717) is 35.1 Å². The highest BCUT2D eigenvalue weighted by molar-refractivity contribution is 6.77. The molecule has 0 atom stereocenters.